The maximum atomic E-state index is 9.13. The summed E-state index contributed by atoms with van der Waals surface area (Å²) < 4.78 is 7.66. The number of aliphatic hydroxyl groups excluding tert-OH is 1. The van der Waals surface area contributed by atoms with E-state index in [0.717, 1.165) is 43.5 Å². The Hall–Kier alpha value is -1.32. The number of aromatic nitrogens is 1. The molecule has 3 rings (SSSR count). The molecule has 2 heterocycles. The highest BCUT2D eigenvalue weighted by Crippen LogP contribution is 2.22. The van der Waals surface area contributed by atoms with Crippen molar-refractivity contribution in [3.05, 3.63) is 36.0 Å². The average molecular weight is 244 g/mol. The second kappa shape index (κ2) is 5.12. The van der Waals surface area contributed by atoms with Gasteiger partial charge in [-0.1, -0.05) is 6.07 Å². The molecule has 2 aromatic rings. The lowest BCUT2D eigenvalue weighted by atomic mass is 10.0. The second-order valence-corrected chi connectivity index (χ2v) is 4.99. The Kier molecular flexibility index (Phi) is 3.35. The van der Waals surface area contributed by atoms with E-state index in [1.165, 1.54) is 5.52 Å². The van der Waals surface area contributed by atoms with Crippen LogP contribution in [0.2, 0.25) is 0 Å². The van der Waals surface area contributed by atoms with Crippen LogP contribution >= 0.6 is 0 Å². The Morgan fingerprint density at radius 1 is 1.33 bits per heavy atom. The number of aliphatic hydroxyl groups is 1. The molecular weight excluding hydrogens is 226 g/mol. The molecule has 0 bridgehead atoms. The molecule has 1 N–H and O–H groups in total. The Morgan fingerprint density at radius 3 is 2.94 bits per heavy atom. The zero-order valence-electron chi connectivity index (χ0n) is 10.4. The van der Waals surface area contributed by atoms with Crippen LogP contribution in [0.3, 0.4) is 0 Å². The fraction of sp³-hybridized carbons (Fsp3) is 0.467. The van der Waals surface area contributed by atoms with Crippen LogP contribution in [0.5, 0.6) is 0 Å². The molecule has 0 amide bonds. The van der Waals surface area contributed by atoms with E-state index in [0.29, 0.717) is 5.92 Å². The third kappa shape index (κ3) is 2.28. The number of hydrogen-bond donors (Lipinski definition) is 1. The molecular formula is C15H18NO2. The van der Waals surface area contributed by atoms with Crippen molar-refractivity contribution < 1.29 is 9.84 Å². The monoisotopic (exact) mass is 244 g/mol. The number of ether oxygens (including phenoxy) is 1. The van der Waals surface area contributed by atoms with Gasteiger partial charge in [0.15, 0.2) is 0 Å². The van der Waals surface area contributed by atoms with Crippen LogP contribution in [0.1, 0.15) is 18.4 Å². The molecule has 1 aliphatic heterocycles. The molecule has 0 unspecified atom stereocenters. The molecule has 1 radical (unpaired) electrons. The summed E-state index contributed by atoms with van der Waals surface area (Å²) in [6.45, 7) is 2.92. The van der Waals surface area contributed by atoms with Crippen molar-refractivity contribution in [3.63, 3.8) is 0 Å². The molecule has 1 fully saturated rings. The lowest BCUT2D eigenvalue weighted by Crippen LogP contribution is -2.20. The summed E-state index contributed by atoms with van der Waals surface area (Å²) in [5.74, 6) is 0.709. The first-order valence-electron chi connectivity index (χ1n) is 6.55. The van der Waals surface area contributed by atoms with Crippen molar-refractivity contribution in [2.45, 2.75) is 26.0 Å². The molecule has 0 saturated carbocycles. The summed E-state index contributed by atoms with van der Waals surface area (Å²) in [7, 11) is 0. The fourth-order valence-corrected chi connectivity index (χ4v) is 2.62. The molecule has 3 nitrogen and oxygen atoms in total. The van der Waals surface area contributed by atoms with E-state index in [-0.39, 0.29) is 6.61 Å². The first-order valence-corrected chi connectivity index (χ1v) is 6.55. The van der Waals surface area contributed by atoms with Gasteiger partial charge in [0, 0.05) is 42.9 Å². The van der Waals surface area contributed by atoms with Crippen LogP contribution < -0.4 is 0 Å². The quantitative estimate of drug-likeness (QED) is 0.899. The summed E-state index contributed by atoms with van der Waals surface area (Å²) >= 11 is 0. The van der Waals surface area contributed by atoms with E-state index in [2.05, 4.69) is 16.7 Å². The minimum atomic E-state index is 0.0922. The Bertz CT molecular complexity index is 526. The van der Waals surface area contributed by atoms with E-state index in [1.54, 1.807) is 0 Å². The largest absolute Gasteiger partial charge is 0.392 e. The summed E-state index contributed by atoms with van der Waals surface area (Å²) in [5.41, 5.74) is 2.15. The number of rotatable bonds is 3. The zero-order valence-corrected chi connectivity index (χ0v) is 10.4. The molecule has 3 heteroatoms. The average Bonchev–Trinajstić information content (AvgIpc) is 2.82. The topological polar surface area (TPSA) is 34.4 Å². The van der Waals surface area contributed by atoms with Crippen LogP contribution in [0, 0.1) is 12.0 Å². The van der Waals surface area contributed by atoms with Gasteiger partial charge in [0.1, 0.15) is 0 Å². The summed E-state index contributed by atoms with van der Waals surface area (Å²) in [4.78, 5) is 0. The van der Waals surface area contributed by atoms with Crippen LogP contribution in [0.15, 0.2) is 24.4 Å². The van der Waals surface area contributed by atoms with Gasteiger partial charge >= 0.3 is 0 Å². The molecule has 1 aromatic carbocycles. The van der Waals surface area contributed by atoms with E-state index >= 15 is 0 Å². The second-order valence-electron chi connectivity index (χ2n) is 4.99. The molecule has 1 saturated heterocycles. The van der Waals surface area contributed by atoms with Crippen molar-refractivity contribution in [1.82, 2.24) is 4.57 Å². The van der Waals surface area contributed by atoms with E-state index < -0.39 is 0 Å². The lowest BCUT2D eigenvalue weighted by molar-refractivity contribution is 0.0616. The summed E-state index contributed by atoms with van der Waals surface area (Å²) in [5, 5.41) is 10.2. The van der Waals surface area contributed by atoms with Gasteiger partial charge in [0.2, 0.25) is 0 Å². The predicted molar refractivity (Wildman–Crippen MR) is 70.2 cm³/mol. The maximum Gasteiger partial charge on any atom is 0.0682 e. The molecule has 0 aliphatic carbocycles. The minimum Gasteiger partial charge on any atom is -0.392 e. The minimum absolute atomic E-state index is 0.0922. The Balaban J connectivity index is 1.83. The van der Waals surface area contributed by atoms with Gasteiger partial charge in [-0.15, -0.1) is 0 Å². The van der Waals surface area contributed by atoms with Gasteiger partial charge in [-0.05, 0) is 36.5 Å². The molecule has 1 aliphatic rings. The fourth-order valence-electron chi connectivity index (χ4n) is 2.62. The molecule has 95 valence electrons. The summed E-state index contributed by atoms with van der Waals surface area (Å²) in [6, 6.07) is 9.35. The van der Waals surface area contributed by atoms with Crippen molar-refractivity contribution in [3.8, 4) is 0 Å². The third-order valence-electron chi connectivity index (χ3n) is 3.72. The van der Waals surface area contributed by atoms with Crippen molar-refractivity contribution in [2.75, 3.05) is 13.2 Å². The summed E-state index contributed by atoms with van der Waals surface area (Å²) in [6.07, 6.45) is 4.32. The third-order valence-corrected chi connectivity index (χ3v) is 3.72. The highest BCUT2D eigenvalue weighted by molar-refractivity contribution is 5.80. The van der Waals surface area contributed by atoms with Gasteiger partial charge in [-0.3, -0.25) is 0 Å². The molecule has 0 spiro atoms. The predicted octanol–water partition coefficient (Wildman–Crippen LogP) is 2.36. The first kappa shape index (κ1) is 11.8. The standard InChI is InChI=1S/C15H18NO2/c17-11-13-1-2-15-14(9-13)3-6-16(15)10-12-4-7-18-8-5-12/h1-2,6,9,12,17H,4-5,7-8,10-11H2. The van der Waals surface area contributed by atoms with Crippen LogP contribution in [-0.4, -0.2) is 22.9 Å². The van der Waals surface area contributed by atoms with E-state index in [1.807, 2.05) is 18.3 Å². The number of hydrogen-bond acceptors (Lipinski definition) is 2. The number of fused-ring (bicyclic) bond motifs is 1. The van der Waals surface area contributed by atoms with Crippen molar-refractivity contribution in [1.29, 1.82) is 0 Å². The highest BCUT2D eigenvalue weighted by Gasteiger charge is 2.15. The zero-order chi connectivity index (χ0) is 12.4. The first-order chi connectivity index (χ1) is 8.86. The van der Waals surface area contributed by atoms with Crippen molar-refractivity contribution >= 4 is 10.9 Å². The number of benzene rings is 1. The van der Waals surface area contributed by atoms with Gasteiger partial charge in [0.05, 0.1) is 6.61 Å². The molecule has 1 aromatic heterocycles. The van der Waals surface area contributed by atoms with Gasteiger partial charge in [-0.25, -0.2) is 0 Å². The van der Waals surface area contributed by atoms with Crippen LogP contribution in [-0.2, 0) is 17.9 Å². The van der Waals surface area contributed by atoms with E-state index in [9.17, 15) is 0 Å². The van der Waals surface area contributed by atoms with Crippen LogP contribution in [0.4, 0.5) is 0 Å². The van der Waals surface area contributed by atoms with Gasteiger partial charge in [0.25, 0.3) is 0 Å². The molecule has 0 atom stereocenters. The SMILES string of the molecule is OCc1ccc2c([c]cn2CC2CCOCC2)c1. The Morgan fingerprint density at radius 2 is 2.17 bits per heavy atom. The Labute approximate surface area is 107 Å². The lowest BCUT2D eigenvalue weighted by Gasteiger charge is -2.22. The smallest absolute Gasteiger partial charge is 0.0682 e. The van der Waals surface area contributed by atoms with E-state index in [4.69, 9.17) is 9.84 Å². The molecule has 18 heavy (non-hydrogen) atoms. The normalized spacial score (nSPS) is 17.4. The van der Waals surface area contributed by atoms with Crippen molar-refractivity contribution in [2.24, 2.45) is 5.92 Å². The maximum absolute atomic E-state index is 9.13. The highest BCUT2D eigenvalue weighted by atomic mass is 16.5. The van der Waals surface area contributed by atoms with Gasteiger partial charge in [-0.2, -0.15) is 0 Å². The van der Waals surface area contributed by atoms with Crippen LogP contribution in [0.25, 0.3) is 10.9 Å². The number of nitrogens with zero attached hydrogens (tertiary/aromatic N) is 1. The van der Waals surface area contributed by atoms with Gasteiger partial charge < -0.3 is 14.4 Å².